The molecule has 0 aliphatic heterocycles. The molecule has 1 aromatic rings. The van der Waals surface area contributed by atoms with Gasteiger partial charge >= 0.3 is 0 Å². The monoisotopic (exact) mass is 233 g/mol. The van der Waals surface area contributed by atoms with Crippen LogP contribution in [0.2, 0.25) is 5.02 Å². The quantitative estimate of drug-likeness (QED) is 0.626. The molecule has 0 unspecified atom stereocenters. The summed E-state index contributed by atoms with van der Waals surface area (Å²) in [4.78, 5) is 11.5. The molecule has 0 fully saturated rings. The number of aliphatic hydroxyl groups is 2. The first-order valence-corrected chi connectivity index (χ1v) is 4.79. The summed E-state index contributed by atoms with van der Waals surface area (Å²) in [5.74, 6) is 0. The summed E-state index contributed by atoms with van der Waals surface area (Å²) in [6.45, 7) is 0.173. The molecular formula is C8H12ClN3O3. The van der Waals surface area contributed by atoms with E-state index >= 15 is 0 Å². The van der Waals surface area contributed by atoms with E-state index in [0.717, 1.165) is 4.68 Å². The number of anilines is 1. The highest BCUT2D eigenvalue weighted by atomic mass is 35.5. The average Bonchev–Trinajstić information content (AvgIpc) is 2.24. The van der Waals surface area contributed by atoms with Crippen molar-refractivity contribution >= 4 is 17.3 Å². The van der Waals surface area contributed by atoms with Crippen LogP contribution in [0.15, 0.2) is 11.0 Å². The van der Waals surface area contributed by atoms with Gasteiger partial charge in [0.25, 0.3) is 5.56 Å². The number of nitrogens with one attached hydrogen (secondary N) is 1. The van der Waals surface area contributed by atoms with Crippen molar-refractivity contribution in [1.82, 2.24) is 9.78 Å². The highest BCUT2D eigenvalue weighted by Crippen LogP contribution is 2.14. The van der Waals surface area contributed by atoms with Gasteiger partial charge in [-0.3, -0.25) is 4.79 Å². The van der Waals surface area contributed by atoms with Crippen molar-refractivity contribution in [3.63, 3.8) is 0 Å². The van der Waals surface area contributed by atoms with Crippen LogP contribution < -0.4 is 10.9 Å². The first-order chi connectivity index (χ1) is 7.20. The second kappa shape index (κ2) is 5.69. The minimum Gasteiger partial charge on any atom is -0.395 e. The zero-order chi connectivity index (χ0) is 11.3. The second-order valence-electron chi connectivity index (χ2n) is 2.77. The summed E-state index contributed by atoms with van der Waals surface area (Å²) in [7, 11) is 0. The van der Waals surface area contributed by atoms with Crippen LogP contribution in [0.4, 0.5) is 5.69 Å². The molecule has 84 valence electrons. The molecule has 3 N–H and O–H groups in total. The summed E-state index contributed by atoms with van der Waals surface area (Å²) < 4.78 is 1.08. The number of rotatable bonds is 5. The van der Waals surface area contributed by atoms with Crippen LogP contribution >= 0.6 is 11.6 Å². The van der Waals surface area contributed by atoms with Gasteiger partial charge in [0.1, 0.15) is 5.02 Å². The van der Waals surface area contributed by atoms with Crippen molar-refractivity contribution in [1.29, 1.82) is 0 Å². The Labute approximate surface area is 91.1 Å². The van der Waals surface area contributed by atoms with Crippen LogP contribution in [0.5, 0.6) is 0 Å². The lowest BCUT2D eigenvalue weighted by atomic mass is 10.4. The number of aromatic nitrogens is 2. The number of halogens is 1. The van der Waals surface area contributed by atoms with Crippen LogP contribution in [0.25, 0.3) is 0 Å². The summed E-state index contributed by atoms with van der Waals surface area (Å²) in [5.41, 5.74) is -0.0847. The van der Waals surface area contributed by atoms with E-state index in [2.05, 4.69) is 10.4 Å². The SMILES string of the molecule is O=c1c(Cl)c(NCCO)cnn1CCO. The molecule has 0 bridgehead atoms. The Hall–Kier alpha value is -1.11. The van der Waals surface area contributed by atoms with Crippen molar-refractivity contribution in [3.05, 3.63) is 21.6 Å². The number of hydrogen-bond acceptors (Lipinski definition) is 5. The lowest BCUT2D eigenvalue weighted by Gasteiger charge is -2.08. The largest absolute Gasteiger partial charge is 0.395 e. The fourth-order valence-electron chi connectivity index (χ4n) is 1.03. The number of aliphatic hydroxyl groups excluding tert-OH is 2. The third-order valence-electron chi connectivity index (χ3n) is 1.72. The maximum atomic E-state index is 11.5. The zero-order valence-electron chi connectivity index (χ0n) is 7.98. The van der Waals surface area contributed by atoms with Crippen LogP contribution in [0.1, 0.15) is 0 Å². The molecule has 0 aliphatic rings. The summed E-state index contributed by atoms with van der Waals surface area (Å²) in [6.07, 6.45) is 1.38. The van der Waals surface area contributed by atoms with E-state index in [1.807, 2.05) is 0 Å². The highest BCUT2D eigenvalue weighted by Gasteiger charge is 2.07. The van der Waals surface area contributed by atoms with Gasteiger partial charge in [-0.2, -0.15) is 5.10 Å². The molecule has 0 saturated carbocycles. The smallest absolute Gasteiger partial charge is 0.287 e. The fourth-order valence-corrected chi connectivity index (χ4v) is 1.25. The van der Waals surface area contributed by atoms with E-state index in [0.29, 0.717) is 12.2 Å². The molecule has 0 amide bonds. The Bertz CT molecular complexity index is 380. The van der Waals surface area contributed by atoms with Gasteiger partial charge in [0, 0.05) is 6.54 Å². The minimum atomic E-state index is -0.464. The first-order valence-electron chi connectivity index (χ1n) is 4.42. The first kappa shape index (κ1) is 12.0. The van der Waals surface area contributed by atoms with Crippen LogP contribution in [0.3, 0.4) is 0 Å². The predicted octanol–water partition coefficient (Wildman–Crippen LogP) is -0.707. The van der Waals surface area contributed by atoms with Gasteiger partial charge in [-0.1, -0.05) is 11.6 Å². The molecule has 1 aromatic heterocycles. The second-order valence-corrected chi connectivity index (χ2v) is 3.15. The Balaban J connectivity index is 2.94. The van der Waals surface area contributed by atoms with Gasteiger partial charge in [0.15, 0.2) is 0 Å². The maximum absolute atomic E-state index is 11.5. The average molecular weight is 234 g/mol. The number of nitrogens with zero attached hydrogens (tertiary/aromatic N) is 2. The third kappa shape index (κ3) is 2.92. The van der Waals surface area contributed by atoms with Crippen LogP contribution in [-0.2, 0) is 6.54 Å². The molecule has 0 aromatic carbocycles. The van der Waals surface area contributed by atoms with E-state index in [-0.39, 0.29) is 24.8 Å². The molecule has 6 nitrogen and oxygen atoms in total. The van der Waals surface area contributed by atoms with Gasteiger partial charge in [0.2, 0.25) is 0 Å². The predicted molar refractivity (Wildman–Crippen MR) is 56.2 cm³/mol. The van der Waals surface area contributed by atoms with Crippen molar-refractivity contribution < 1.29 is 10.2 Å². The summed E-state index contributed by atoms with van der Waals surface area (Å²) in [6, 6.07) is 0. The van der Waals surface area contributed by atoms with Gasteiger partial charge in [-0.15, -0.1) is 0 Å². The molecule has 0 radical (unpaired) electrons. The zero-order valence-corrected chi connectivity index (χ0v) is 8.74. The Morgan fingerprint density at radius 2 is 2.20 bits per heavy atom. The van der Waals surface area contributed by atoms with Gasteiger partial charge in [-0.25, -0.2) is 4.68 Å². The maximum Gasteiger partial charge on any atom is 0.287 e. The molecule has 0 saturated heterocycles. The molecule has 0 spiro atoms. The molecule has 7 heteroatoms. The number of hydrogen-bond donors (Lipinski definition) is 3. The van der Waals surface area contributed by atoms with Crippen molar-refractivity contribution in [2.45, 2.75) is 6.54 Å². The van der Waals surface area contributed by atoms with E-state index in [4.69, 9.17) is 21.8 Å². The lowest BCUT2D eigenvalue weighted by Crippen LogP contribution is -2.25. The fraction of sp³-hybridized carbons (Fsp3) is 0.500. The van der Waals surface area contributed by atoms with Crippen LogP contribution in [-0.4, -0.2) is 39.8 Å². The van der Waals surface area contributed by atoms with Gasteiger partial charge in [0.05, 0.1) is 31.6 Å². The Morgan fingerprint density at radius 3 is 2.80 bits per heavy atom. The Kier molecular flexibility index (Phi) is 4.54. The molecular weight excluding hydrogens is 222 g/mol. The van der Waals surface area contributed by atoms with Crippen molar-refractivity contribution in [2.24, 2.45) is 0 Å². The normalized spacial score (nSPS) is 10.3. The lowest BCUT2D eigenvalue weighted by molar-refractivity contribution is 0.266. The Morgan fingerprint density at radius 1 is 1.47 bits per heavy atom. The molecule has 0 aliphatic carbocycles. The van der Waals surface area contributed by atoms with E-state index in [1.54, 1.807) is 0 Å². The van der Waals surface area contributed by atoms with Crippen molar-refractivity contribution in [3.8, 4) is 0 Å². The van der Waals surface area contributed by atoms with E-state index in [1.165, 1.54) is 6.20 Å². The highest BCUT2D eigenvalue weighted by molar-refractivity contribution is 6.32. The van der Waals surface area contributed by atoms with Gasteiger partial charge in [-0.05, 0) is 0 Å². The molecule has 0 atom stereocenters. The summed E-state index contributed by atoms with van der Waals surface area (Å²) in [5, 5.41) is 23.8. The molecule has 15 heavy (non-hydrogen) atoms. The van der Waals surface area contributed by atoms with E-state index in [9.17, 15) is 4.79 Å². The molecule has 1 heterocycles. The van der Waals surface area contributed by atoms with E-state index < -0.39 is 5.56 Å². The molecule has 1 rings (SSSR count). The van der Waals surface area contributed by atoms with Crippen molar-refractivity contribution in [2.75, 3.05) is 25.1 Å². The summed E-state index contributed by atoms with van der Waals surface area (Å²) >= 11 is 5.77. The topological polar surface area (TPSA) is 87.4 Å². The van der Waals surface area contributed by atoms with Crippen LogP contribution in [0, 0.1) is 0 Å². The third-order valence-corrected chi connectivity index (χ3v) is 2.09. The minimum absolute atomic E-state index is 0.00639. The standard InChI is InChI=1S/C8H12ClN3O3/c9-7-6(10-1-3-13)5-11-12(2-4-14)8(7)15/h5,10,13-14H,1-4H2. The van der Waals surface area contributed by atoms with Gasteiger partial charge < -0.3 is 15.5 Å².